The van der Waals surface area contributed by atoms with Gasteiger partial charge in [0.1, 0.15) is 5.75 Å². The number of nitrogens with one attached hydrogen (secondary N) is 1. The Hall–Kier alpha value is -3.35. The molecule has 2 atom stereocenters. The number of benzene rings is 2. The van der Waals surface area contributed by atoms with E-state index < -0.39 is 23.1 Å². The molecule has 1 amide bonds. The third kappa shape index (κ3) is 5.04. The maximum Gasteiger partial charge on any atom is 0.317 e. The molecule has 39 heavy (non-hydrogen) atoms. The number of carbonyl (C=O) groups is 3. The van der Waals surface area contributed by atoms with Gasteiger partial charge in [-0.3, -0.25) is 14.4 Å². The molecule has 0 saturated heterocycles. The van der Waals surface area contributed by atoms with Crippen molar-refractivity contribution in [1.82, 2.24) is 5.32 Å². The second kappa shape index (κ2) is 11.8. The highest BCUT2D eigenvalue weighted by Crippen LogP contribution is 2.61. The number of unbranched alkanes of at least 4 members (excludes halogenated alkanes) is 6. The molecule has 1 aliphatic heterocycles. The third-order valence-electron chi connectivity index (χ3n) is 7.92. The SMILES string of the molecule is CCCCCCC(=O)NC12C(=O)c3c(N)cccc3C1(OC(=O)CCCCCC)Oc1cc(C(C)C)ccc12. The lowest BCUT2D eigenvalue weighted by molar-refractivity contribution is -0.216. The molecule has 4 rings (SSSR count). The molecule has 2 aromatic rings. The number of ether oxygens (including phenoxy) is 2. The van der Waals surface area contributed by atoms with E-state index in [2.05, 4.69) is 33.0 Å². The van der Waals surface area contributed by atoms with Gasteiger partial charge < -0.3 is 20.5 Å². The van der Waals surface area contributed by atoms with Crippen LogP contribution in [0.25, 0.3) is 0 Å². The maximum atomic E-state index is 14.4. The van der Waals surface area contributed by atoms with Crippen molar-refractivity contribution in [1.29, 1.82) is 0 Å². The fraction of sp³-hybridized carbons (Fsp3) is 0.531. The number of hydrogen-bond acceptors (Lipinski definition) is 6. The number of Topliss-reactive ketones (excluding diaryl/α,β-unsaturated/α-hetero) is 1. The monoisotopic (exact) mass is 534 g/mol. The zero-order valence-corrected chi connectivity index (χ0v) is 23.7. The summed E-state index contributed by atoms with van der Waals surface area (Å²) in [6, 6.07) is 10.7. The molecule has 0 spiro atoms. The van der Waals surface area contributed by atoms with Crippen LogP contribution < -0.4 is 15.8 Å². The number of nitrogens with two attached hydrogens (primary N) is 1. The number of hydrogen-bond donors (Lipinski definition) is 2. The van der Waals surface area contributed by atoms with Crippen LogP contribution >= 0.6 is 0 Å². The molecule has 0 fully saturated rings. The summed E-state index contributed by atoms with van der Waals surface area (Å²) >= 11 is 0. The highest BCUT2D eigenvalue weighted by Gasteiger charge is 2.75. The van der Waals surface area contributed by atoms with Gasteiger partial charge in [-0.1, -0.05) is 90.5 Å². The Morgan fingerprint density at radius 2 is 1.64 bits per heavy atom. The standard InChI is InChI=1S/C32H42N2O5/c1-5-7-9-11-16-27(35)34-31-23-19-18-22(21(3)4)20-26(23)38-32(31,39-28(36)17-12-10-8-6-2)24-14-13-15-25(33)29(24)30(31)37/h13-15,18-21H,5-12,16-17,33H2,1-4H3,(H,34,35). The normalized spacial score (nSPS) is 20.8. The van der Waals surface area contributed by atoms with Gasteiger partial charge in [-0.05, 0) is 36.5 Å². The fourth-order valence-corrected chi connectivity index (χ4v) is 5.77. The van der Waals surface area contributed by atoms with Gasteiger partial charge in [0.25, 0.3) is 0 Å². The Labute approximate surface area is 231 Å². The van der Waals surface area contributed by atoms with E-state index in [-0.39, 0.29) is 35.9 Å². The van der Waals surface area contributed by atoms with Crippen LogP contribution in [-0.2, 0) is 25.7 Å². The summed E-state index contributed by atoms with van der Waals surface area (Å²) in [5.41, 5.74) is 6.89. The summed E-state index contributed by atoms with van der Waals surface area (Å²) in [6.45, 7) is 8.36. The lowest BCUT2D eigenvalue weighted by Gasteiger charge is -2.37. The molecule has 0 aromatic heterocycles. The van der Waals surface area contributed by atoms with Gasteiger partial charge in [-0.15, -0.1) is 0 Å². The van der Waals surface area contributed by atoms with Gasteiger partial charge in [0.2, 0.25) is 17.2 Å². The summed E-state index contributed by atoms with van der Waals surface area (Å²) in [5.74, 6) is -2.45. The smallest absolute Gasteiger partial charge is 0.317 e. The van der Waals surface area contributed by atoms with Crippen LogP contribution in [-0.4, -0.2) is 17.7 Å². The molecule has 7 nitrogen and oxygen atoms in total. The van der Waals surface area contributed by atoms with Crippen molar-refractivity contribution in [2.75, 3.05) is 5.73 Å². The van der Waals surface area contributed by atoms with Gasteiger partial charge in [-0.2, -0.15) is 0 Å². The minimum Gasteiger partial charge on any atom is -0.445 e. The summed E-state index contributed by atoms with van der Waals surface area (Å²) in [6.07, 6.45) is 7.77. The number of esters is 1. The van der Waals surface area contributed by atoms with Crippen molar-refractivity contribution >= 4 is 23.3 Å². The number of nitrogen functional groups attached to an aromatic ring is 1. The molecule has 0 bridgehead atoms. The van der Waals surface area contributed by atoms with E-state index in [0.29, 0.717) is 29.7 Å². The summed E-state index contributed by atoms with van der Waals surface area (Å²) < 4.78 is 12.8. The fourth-order valence-electron chi connectivity index (χ4n) is 5.77. The number of amides is 1. The zero-order valence-electron chi connectivity index (χ0n) is 23.7. The van der Waals surface area contributed by atoms with Crippen molar-refractivity contribution < 1.29 is 23.9 Å². The number of fused-ring (bicyclic) bond motifs is 5. The Morgan fingerprint density at radius 1 is 0.949 bits per heavy atom. The van der Waals surface area contributed by atoms with Crippen LogP contribution in [0.5, 0.6) is 5.75 Å². The number of anilines is 1. The van der Waals surface area contributed by atoms with Crippen molar-refractivity contribution in [3.8, 4) is 5.75 Å². The number of ketones is 1. The molecule has 2 unspecified atom stereocenters. The van der Waals surface area contributed by atoms with Gasteiger partial charge in [0.05, 0.1) is 11.1 Å². The van der Waals surface area contributed by atoms with E-state index in [1.165, 1.54) is 0 Å². The molecule has 3 N–H and O–H groups in total. The van der Waals surface area contributed by atoms with Gasteiger partial charge in [-0.25, -0.2) is 0 Å². The predicted octanol–water partition coefficient (Wildman–Crippen LogP) is 6.63. The maximum absolute atomic E-state index is 14.4. The molecular formula is C32H42N2O5. The number of rotatable bonds is 13. The average Bonchev–Trinajstić information content (AvgIpc) is 3.28. The van der Waals surface area contributed by atoms with Crippen LogP contribution in [0.15, 0.2) is 36.4 Å². The van der Waals surface area contributed by atoms with Crippen molar-refractivity contribution in [3.05, 3.63) is 58.7 Å². The summed E-state index contributed by atoms with van der Waals surface area (Å²) in [5, 5.41) is 3.04. The molecular weight excluding hydrogens is 492 g/mol. The van der Waals surface area contributed by atoms with Gasteiger partial charge >= 0.3 is 11.8 Å². The van der Waals surface area contributed by atoms with E-state index in [4.69, 9.17) is 15.2 Å². The summed E-state index contributed by atoms with van der Waals surface area (Å²) in [4.78, 5) is 41.2. The van der Waals surface area contributed by atoms with Gasteiger partial charge in [0, 0.05) is 24.1 Å². The Bertz CT molecular complexity index is 1240. The van der Waals surface area contributed by atoms with Crippen LogP contribution in [0.1, 0.15) is 125 Å². The quantitative estimate of drug-likeness (QED) is 0.170. The van der Waals surface area contributed by atoms with Crippen molar-refractivity contribution in [3.63, 3.8) is 0 Å². The summed E-state index contributed by atoms with van der Waals surface area (Å²) in [7, 11) is 0. The highest BCUT2D eigenvalue weighted by atomic mass is 16.7. The second-order valence-electron chi connectivity index (χ2n) is 11.1. The Balaban J connectivity index is 1.83. The van der Waals surface area contributed by atoms with E-state index in [0.717, 1.165) is 44.1 Å². The zero-order chi connectivity index (χ0) is 28.2. The van der Waals surface area contributed by atoms with Crippen LogP contribution in [0.4, 0.5) is 5.69 Å². The molecule has 7 heteroatoms. The van der Waals surface area contributed by atoms with E-state index in [9.17, 15) is 14.4 Å². The molecule has 210 valence electrons. The number of carbonyl (C=O) groups excluding carboxylic acids is 3. The van der Waals surface area contributed by atoms with Crippen LogP contribution in [0, 0.1) is 0 Å². The first-order valence-electron chi connectivity index (χ1n) is 14.5. The first kappa shape index (κ1) is 28.7. The van der Waals surface area contributed by atoms with E-state index >= 15 is 0 Å². The molecule has 1 aliphatic carbocycles. The topological polar surface area (TPSA) is 108 Å². The van der Waals surface area contributed by atoms with Crippen molar-refractivity contribution in [2.24, 2.45) is 0 Å². The largest absolute Gasteiger partial charge is 0.445 e. The molecule has 2 aromatic carbocycles. The van der Waals surface area contributed by atoms with Crippen LogP contribution in [0.2, 0.25) is 0 Å². The molecule has 2 aliphatic rings. The van der Waals surface area contributed by atoms with E-state index in [1.54, 1.807) is 18.2 Å². The first-order valence-corrected chi connectivity index (χ1v) is 14.5. The van der Waals surface area contributed by atoms with Crippen molar-refractivity contribution in [2.45, 2.75) is 109 Å². The van der Waals surface area contributed by atoms with E-state index in [1.807, 2.05) is 18.2 Å². The first-order chi connectivity index (χ1) is 18.7. The highest BCUT2D eigenvalue weighted by molar-refractivity contribution is 6.15. The molecule has 1 heterocycles. The minimum absolute atomic E-state index is 0.186. The van der Waals surface area contributed by atoms with Crippen LogP contribution in [0.3, 0.4) is 0 Å². The third-order valence-corrected chi connectivity index (χ3v) is 7.92. The lowest BCUT2D eigenvalue weighted by Crippen LogP contribution is -2.61. The molecule has 0 radical (unpaired) electrons. The van der Waals surface area contributed by atoms with Gasteiger partial charge in [0.15, 0.2) is 0 Å². The molecule has 0 saturated carbocycles. The second-order valence-corrected chi connectivity index (χ2v) is 11.1. The Kier molecular flexibility index (Phi) is 8.67. The average molecular weight is 535 g/mol. The minimum atomic E-state index is -1.88. The lowest BCUT2D eigenvalue weighted by atomic mass is 9.81. The predicted molar refractivity (Wildman–Crippen MR) is 151 cm³/mol. The Morgan fingerprint density at radius 3 is 2.31 bits per heavy atom.